The van der Waals surface area contributed by atoms with Crippen molar-refractivity contribution in [3.63, 3.8) is 0 Å². The summed E-state index contributed by atoms with van der Waals surface area (Å²) < 4.78 is 26.9. The van der Waals surface area contributed by atoms with Gasteiger partial charge in [0.2, 0.25) is 10.0 Å². The highest BCUT2D eigenvalue weighted by Crippen LogP contribution is 2.31. The molecule has 0 bridgehead atoms. The monoisotopic (exact) mass is 327 g/mol. The van der Waals surface area contributed by atoms with E-state index in [-0.39, 0.29) is 16.6 Å². The smallest absolute Gasteiger partial charge is 0.289 e. The number of aryl methyl sites for hydroxylation is 2. The van der Waals surface area contributed by atoms with Gasteiger partial charge < -0.3 is 5.32 Å². The van der Waals surface area contributed by atoms with Gasteiger partial charge in [-0.2, -0.15) is 4.31 Å². The molecule has 0 saturated carbocycles. The second-order valence-corrected chi connectivity index (χ2v) is 7.63. The van der Waals surface area contributed by atoms with Gasteiger partial charge in [-0.15, -0.1) is 0 Å². The van der Waals surface area contributed by atoms with Crippen LogP contribution in [0, 0.1) is 24.0 Å². The van der Waals surface area contributed by atoms with Crippen molar-refractivity contribution in [2.75, 3.05) is 20.1 Å². The average molecular weight is 327 g/mol. The Balaban J connectivity index is 2.48. The fourth-order valence-electron chi connectivity index (χ4n) is 2.65. The first-order valence-electron chi connectivity index (χ1n) is 7.19. The molecule has 1 N–H and O–H groups in total. The lowest BCUT2D eigenvalue weighted by Gasteiger charge is -2.30. The highest BCUT2D eigenvalue weighted by Gasteiger charge is 2.34. The number of nitrogens with zero attached hydrogens (tertiary/aromatic N) is 2. The Morgan fingerprint density at radius 1 is 1.23 bits per heavy atom. The molecule has 1 saturated heterocycles. The van der Waals surface area contributed by atoms with Crippen LogP contribution < -0.4 is 5.32 Å². The molecule has 0 aromatic heterocycles. The van der Waals surface area contributed by atoms with Gasteiger partial charge in [0.1, 0.15) is 0 Å². The van der Waals surface area contributed by atoms with E-state index in [0.717, 1.165) is 18.7 Å². The summed E-state index contributed by atoms with van der Waals surface area (Å²) >= 11 is 0. The lowest BCUT2D eigenvalue weighted by atomic mass is 10.1. The molecule has 0 spiro atoms. The van der Waals surface area contributed by atoms with Gasteiger partial charge in [0.25, 0.3) is 5.69 Å². The van der Waals surface area contributed by atoms with Crippen molar-refractivity contribution in [2.24, 2.45) is 0 Å². The number of nitro groups is 1. The van der Waals surface area contributed by atoms with Crippen molar-refractivity contribution in [1.82, 2.24) is 9.62 Å². The van der Waals surface area contributed by atoms with E-state index >= 15 is 0 Å². The van der Waals surface area contributed by atoms with Crippen molar-refractivity contribution < 1.29 is 13.3 Å². The van der Waals surface area contributed by atoms with Crippen LogP contribution in [0.2, 0.25) is 0 Å². The number of benzene rings is 1. The minimum Gasteiger partial charge on any atom is -0.317 e. The number of piperidine rings is 1. The molecule has 1 aromatic carbocycles. The molecule has 122 valence electrons. The maximum Gasteiger partial charge on any atom is 0.289 e. The van der Waals surface area contributed by atoms with E-state index in [1.807, 2.05) is 0 Å². The number of rotatable bonds is 4. The third kappa shape index (κ3) is 3.13. The molecule has 0 amide bonds. The quantitative estimate of drug-likeness (QED) is 0.669. The topological polar surface area (TPSA) is 92.5 Å². The van der Waals surface area contributed by atoms with Crippen LogP contribution in [-0.2, 0) is 10.0 Å². The van der Waals surface area contributed by atoms with E-state index in [9.17, 15) is 18.5 Å². The van der Waals surface area contributed by atoms with Crippen LogP contribution in [0.4, 0.5) is 5.69 Å². The molecule has 1 aliphatic heterocycles. The molecule has 1 fully saturated rings. The molecule has 2 rings (SSSR count). The number of nitrogens with one attached hydrogen (secondary N) is 1. The predicted octanol–water partition coefficient (Wildman–Crippen LogP) is 1.58. The van der Waals surface area contributed by atoms with E-state index < -0.39 is 14.9 Å². The standard InChI is InChI=1S/C14H21N3O4S/c1-10-8-13(17(18)19)14(9-11(10)2)22(20,21)16(3)12-4-6-15-7-5-12/h8-9,12,15H,4-7H2,1-3H3. The molecular weight excluding hydrogens is 306 g/mol. The average Bonchev–Trinajstić information content (AvgIpc) is 2.49. The fraction of sp³-hybridized carbons (Fsp3) is 0.571. The van der Waals surface area contributed by atoms with Crippen LogP contribution in [-0.4, -0.2) is 43.8 Å². The second-order valence-electron chi connectivity index (χ2n) is 5.66. The number of sulfonamides is 1. The second kappa shape index (κ2) is 6.31. The van der Waals surface area contributed by atoms with Crippen molar-refractivity contribution in [3.8, 4) is 0 Å². The van der Waals surface area contributed by atoms with Crippen LogP contribution in [0.25, 0.3) is 0 Å². The highest BCUT2D eigenvalue weighted by molar-refractivity contribution is 7.89. The maximum atomic E-state index is 12.8. The van der Waals surface area contributed by atoms with Gasteiger partial charge in [-0.1, -0.05) is 0 Å². The summed E-state index contributed by atoms with van der Waals surface area (Å²) in [5.74, 6) is 0. The van der Waals surface area contributed by atoms with Gasteiger partial charge in [-0.05, 0) is 57.0 Å². The zero-order valence-electron chi connectivity index (χ0n) is 13.0. The lowest BCUT2D eigenvalue weighted by molar-refractivity contribution is -0.387. The third-order valence-electron chi connectivity index (χ3n) is 4.25. The number of hydrogen-bond acceptors (Lipinski definition) is 5. The van der Waals surface area contributed by atoms with Crippen molar-refractivity contribution in [1.29, 1.82) is 0 Å². The van der Waals surface area contributed by atoms with E-state index in [2.05, 4.69) is 5.32 Å². The van der Waals surface area contributed by atoms with Crippen molar-refractivity contribution >= 4 is 15.7 Å². The van der Waals surface area contributed by atoms with E-state index in [0.29, 0.717) is 18.4 Å². The lowest BCUT2D eigenvalue weighted by Crippen LogP contribution is -2.44. The zero-order chi connectivity index (χ0) is 16.5. The Morgan fingerprint density at radius 2 is 1.77 bits per heavy atom. The number of nitro benzene ring substituents is 1. The summed E-state index contributed by atoms with van der Waals surface area (Å²) in [4.78, 5) is 10.4. The van der Waals surface area contributed by atoms with Gasteiger partial charge in [-0.25, -0.2) is 8.42 Å². The van der Waals surface area contributed by atoms with Gasteiger partial charge in [0.15, 0.2) is 4.90 Å². The summed E-state index contributed by atoms with van der Waals surface area (Å²) in [5, 5.41) is 14.4. The predicted molar refractivity (Wildman–Crippen MR) is 83.4 cm³/mol. The molecule has 1 aromatic rings. The van der Waals surface area contributed by atoms with Gasteiger partial charge in [0.05, 0.1) is 4.92 Å². The Labute approximate surface area is 130 Å². The van der Waals surface area contributed by atoms with Gasteiger partial charge >= 0.3 is 0 Å². The summed E-state index contributed by atoms with van der Waals surface area (Å²) in [6.45, 7) is 4.98. The zero-order valence-corrected chi connectivity index (χ0v) is 13.8. The first-order valence-corrected chi connectivity index (χ1v) is 8.63. The fourth-order valence-corrected chi connectivity index (χ4v) is 4.28. The molecule has 0 radical (unpaired) electrons. The largest absolute Gasteiger partial charge is 0.317 e. The SMILES string of the molecule is Cc1cc([N+](=O)[O-])c(S(=O)(=O)N(C)C2CCNCC2)cc1C. The Hall–Kier alpha value is -1.51. The molecule has 0 atom stereocenters. The van der Waals surface area contributed by atoms with Crippen LogP contribution in [0.3, 0.4) is 0 Å². The molecule has 1 aliphatic rings. The summed E-state index contributed by atoms with van der Waals surface area (Å²) in [5.41, 5.74) is 1.07. The molecule has 22 heavy (non-hydrogen) atoms. The Bertz CT molecular complexity index is 682. The van der Waals surface area contributed by atoms with Gasteiger partial charge in [-0.3, -0.25) is 10.1 Å². The Kier molecular flexibility index (Phi) is 4.84. The van der Waals surface area contributed by atoms with Crippen LogP contribution in [0.15, 0.2) is 17.0 Å². The third-order valence-corrected chi connectivity index (χ3v) is 6.19. The minimum absolute atomic E-state index is 0.132. The van der Waals surface area contributed by atoms with Crippen LogP contribution in [0.1, 0.15) is 24.0 Å². The minimum atomic E-state index is -3.89. The maximum absolute atomic E-state index is 12.8. The molecule has 0 unspecified atom stereocenters. The molecule has 7 nitrogen and oxygen atoms in total. The van der Waals surface area contributed by atoms with E-state index in [4.69, 9.17) is 0 Å². The van der Waals surface area contributed by atoms with Crippen molar-refractivity contribution in [2.45, 2.75) is 37.6 Å². The normalized spacial score (nSPS) is 16.9. The van der Waals surface area contributed by atoms with Crippen LogP contribution >= 0.6 is 0 Å². The first-order chi connectivity index (χ1) is 10.2. The summed E-state index contributed by atoms with van der Waals surface area (Å²) in [6, 6.07) is 2.60. The van der Waals surface area contributed by atoms with Crippen molar-refractivity contribution in [3.05, 3.63) is 33.4 Å². The molecular formula is C14H21N3O4S. The summed E-state index contributed by atoms with van der Waals surface area (Å²) in [7, 11) is -2.39. The van der Waals surface area contributed by atoms with Gasteiger partial charge in [0, 0.05) is 19.2 Å². The molecule has 0 aliphatic carbocycles. The highest BCUT2D eigenvalue weighted by atomic mass is 32.2. The van der Waals surface area contributed by atoms with Crippen LogP contribution in [0.5, 0.6) is 0 Å². The Morgan fingerprint density at radius 3 is 2.32 bits per heavy atom. The van der Waals surface area contributed by atoms with E-state index in [1.54, 1.807) is 13.8 Å². The molecule has 8 heteroatoms. The summed E-state index contributed by atoms with van der Waals surface area (Å²) in [6.07, 6.45) is 1.41. The number of hydrogen-bond donors (Lipinski definition) is 1. The first kappa shape index (κ1) is 16.9. The molecule has 1 heterocycles. The van der Waals surface area contributed by atoms with E-state index in [1.165, 1.54) is 23.5 Å².